The molecule has 0 aliphatic rings. The molecular formula is C21H22F3NO4. The quantitative estimate of drug-likeness (QED) is 0.667. The number of benzene rings is 2. The fourth-order valence-electron chi connectivity index (χ4n) is 2.66. The van der Waals surface area contributed by atoms with Crippen LogP contribution in [0.1, 0.15) is 16.7 Å². The Hall–Kier alpha value is -3.16. The average molecular weight is 409 g/mol. The highest BCUT2D eigenvalue weighted by Crippen LogP contribution is 2.38. The van der Waals surface area contributed by atoms with E-state index in [4.69, 9.17) is 14.2 Å². The third-order valence-electron chi connectivity index (χ3n) is 4.08. The highest BCUT2D eigenvalue weighted by molar-refractivity contribution is 5.91. The number of carbonyl (C=O) groups is 1. The minimum Gasteiger partial charge on any atom is -0.493 e. The Morgan fingerprint density at radius 1 is 1.03 bits per heavy atom. The molecule has 2 rings (SSSR count). The third-order valence-corrected chi connectivity index (χ3v) is 4.08. The Kier molecular flexibility index (Phi) is 7.52. The van der Waals surface area contributed by atoms with Gasteiger partial charge in [0.2, 0.25) is 11.7 Å². The van der Waals surface area contributed by atoms with Gasteiger partial charge in [-0.3, -0.25) is 4.79 Å². The van der Waals surface area contributed by atoms with Gasteiger partial charge in [0.15, 0.2) is 11.5 Å². The normalized spacial score (nSPS) is 11.4. The monoisotopic (exact) mass is 409 g/mol. The molecule has 0 radical (unpaired) electrons. The van der Waals surface area contributed by atoms with Crippen LogP contribution in [-0.2, 0) is 17.4 Å². The lowest BCUT2D eigenvalue weighted by Crippen LogP contribution is -2.23. The van der Waals surface area contributed by atoms with Crippen molar-refractivity contribution in [2.75, 3.05) is 27.9 Å². The number of alkyl halides is 3. The zero-order valence-electron chi connectivity index (χ0n) is 16.3. The van der Waals surface area contributed by atoms with E-state index >= 15 is 0 Å². The van der Waals surface area contributed by atoms with Crippen molar-refractivity contribution in [1.29, 1.82) is 0 Å². The molecule has 0 fully saturated rings. The molecule has 2 aromatic rings. The summed E-state index contributed by atoms with van der Waals surface area (Å²) in [7, 11) is 4.48. The Labute approximate surface area is 167 Å². The van der Waals surface area contributed by atoms with Crippen molar-refractivity contribution in [2.24, 2.45) is 0 Å². The van der Waals surface area contributed by atoms with Gasteiger partial charge in [0.25, 0.3) is 0 Å². The number of halogens is 3. The summed E-state index contributed by atoms with van der Waals surface area (Å²) in [6.07, 6.45) is -1.20. The van der Waals surface area contributed by atoms with Gasteiger partial charge in [0.05, 0.1) is 26.9 Å². The first-order chi connectivity index (χ1) is 13.8. The number of hydrogen-bond donors (Lipinski definition) is 1. The zero-order chi connectivity index (χ0) is 21.4. The first kappa shape index (κ1) is 22.1. The van der Waals surface area contributed by atoms with Crippen LogP contribution in [0.15, 0.2) is 42.5 Å². The fourth-order valence-corrected chi connectivity index (χ4v) is 2.66. The predicted octanol–water partition coefficient (Wildman–Crippen LogP) is 4.10. The average Bonchev–Trinajstić information content (AvgIpc) is 2.70. The second kappa shape index (κ2) is 9.86. The van der Waals surface area contributed by atoms with Gasteiger partial charge in [-0.15, -0.1) is 0 Å². The van der Waals surface area contributed by atoms with Crippen LogP contribution >= 0.6 is 0 Å². The molecule has 0 unspecified atom stereocenters. The molecule has 0 heterocycles. The van der Waals surface area contributed by atoms with Crippen LogP contribution in [-0.4, -0.2) is 33.8 Å². The molecule has 0 saturated carbocycles. The predicted molar refractivity (Wildman–Crippen MR) is 103 cm³/mol. The van der Waals surface area contributed by atoms with Crippen LogP contribution < -0.4 is 19.5 Å². The molecule has 8 heteroatoms. The van der Waals surface area contributed by atoms with E-state index in [1.807, 2.05) is 0 Å². The molecule has 156 valence electrons. The second-order valence-corrected chi connectivity index (χ2v) is 6.03. The first-order valence-corrected chi connectivity index (χ1v) is 8.70. The molecule has 0 bridgehead atoms. The SMILES string of the molecule is COc1cc(/C=C/C(=O)NCCc2cccc(C(F)(F)F)c2)cc(OC)c1OC. The van der Waals surface area contributed by atoms with Gasteiger partial charge in [-0.05, 0) is 41.8 Å². The van der Waals surface area contributed by atoms with Crippen molar-refractivity contribution in [3.8, 4) is 17.2 Å². The van der Waals surface area contributed by atoms with E-state index in [1.165, 1.54) is 33.5 Å². The van der Waals surface area contributed by atoms with Gasteiger partial charge in [0.1, 0.15) is 0 Å². The van der Waals surface area contributed by atoms with Crippen LogP contribution in [0.4, 0.5) is 13.2 Å². The standard InChI is InChI=1S/C21H22F3NO4/c1-27-17-12-15(13-18(28-2)20(17)29-3)7-8-19(26)25-10-9-14-5-4-6-16(11-14)21(22,23)24/h4-8,11-13H,9-10H2,1-3H3,(H,25,26)/b8-7+. The van der Waals surface area contributed by atoms with Gasteiger partial charge in [0, 0.05) is 12.6 Å². The van der Waals surface area contributed by atoms with Gasteiger partial charge in [-0.2, -0.15) is 13.2 Å². The number of ether oxygens (including phenoxy) is 3. The summed E-state index contributed by atoms with van der Waals surface area (Å²) in [5.41, 5.74) is 0.449. The van der Waals surface area contributed by atoms with E-state index in [9.17, 15) is 18.0 Å². The maximum atomic E-state index is 12.7. The third kappa shape index (κ3) is 6.17. The molecule has 29 heavy (non-hydrogen) atoms. The van der Waals surface area contributed by atoms with Crippen molar-refractivity contribution in [3.63, 3.8) is 0 Å². The summed E-state index contributed by atoms with van der Waals surface area (Å²) in [6.45, 7) is 0.208. The van der Waals surface area contributed by atoms with Crippen LogP contribution in [0, 0.1) is 0 Å². The molecule has 1 amide bonds. The molecule has 0 aromatic heterocycles. The Morgan fingerprint density at radius 3 is 2.24 bits per heavy atom. The Bertz CT molecular complexity index is 853. The van der Waals surface area contributed by atoms with Crippen LogP contribution in [0.2, 0.25) is 0 Å². The molecule has 0 aliphatic carbocycles. The van der Waals surface area contributed by atoms with E-state index in [2.05, 4.69) is 5.32 Å². The Morgan fingerprint density at radius 2 is 1.69 bits per heavy atom. The van der Waals surface area contributed by atoms with E-state index in [0.717, 1.165) is 12.1 Å². The Balaban J connectivity index is 1.97. The summed E-state index contributed by atoms with van der Waals surface area (Å²) in [4.78, 5) is 12.0. The highest BCUT2D eigenvalue weighted by Gasteiger charge is 2.30. The summed E-state index contributed by atoms with van der Waals surface area (Å²) >= 11 is 0. The van der Waals surface area contributed by atoms with Crippen LogP contribution in [0.5, 0.6) is 17.2 Å². The van der Waals surface area contributed by atoms with Crippen molar-refractivity contribution in [2.45, 2.75) is 12.6 Å². The summed E-state index contributed by atoms with van der Waals surface area (Å²) in [5, 5.41) is 2.65. The minimum atomic E-state index is -4.39. The number of rotatable bonds is 8. The van der Waals surface area contributed by atoms with Crippen LogP contribution in [0.25, 0.3) is 6.08 Å². The van der Waals surface area contributed by atoms with Crippen molar-refractivity contribution in [1.82, 2.24) is 5.32 Å². The minimum absolute atomic E-state index is 0.208. The van der Waals surface area contributed by atoms with Crippen LogP contribution in [0.3, 0.4) is 0 Å². The second-order valence-electron chi connectivity index (χ2n) is 6.03. The number of amides is 1. The lowest BCUT2D eigenvalue weighted by molar-refractivity contribution is -0.137. The first-order valence-electron chi connectivity index (χ1n) is 8.70. The number of nitrogens with one attached hydrogen (secondary N) is 1. The van der Waals surface area contributed by atoms with E-state index < -0.39 is 11.7 Å². The summed E-state index contributed by atoms with van der Waals surface area (Å²) < 4.78 is 53.9. The fraction of sp³-hybridized carbons (Fsp3) is 0.286. The smallest absolute Gasteiger partial charge is 0.416 e. The maximum absolute atomic E-state index is 12.7. The highest BCUT2D eigenvalue weighted by atomic mass is 19.4. The van der Waals surface area contributed by atoms with Gasteiger partial charge >= 0.3 is 6.18 Å². The van der Waals surface area contributed by atoms with Gasteiger partial charge < -0.3 is 19.5 Å². The van der Waals surface area contributed by atoms with E-state index in [1.54, 1.807) is 24.3 Å². The largest absolute Gasteiger partial charge is 0.493 e. The molecule has 0 atom stereocenters. The number of methoxy groups -OCH3 is 3. The number of hydrogen-bond acceptors (Lipinski definition) is 4. The van der Waals surface area contributed by atoms with Gasteiger partial charge in [-0.1, -0.05) is 18.2 Å². The molecule has 0 saturated heterocycles. The summed E-state index contributed by atoms with van der Waals surface area (Å²) in [5.74, 6) is 0.983. The number of carbonyl (C=O) groups excluding carboxylic acids is 1. The van der Waals surface area contributed by atoms with E-state index in [-0.39, 0.29) is 18.9 Å². The van der Waals surface area contributed by atoms with Crippen molar-refractivity contribution >= 4 is 12.0 Å². The lowest BCUT2D eigenvalue weighted by atomic mass is 10.1. The molecule has 0 aliphatic heterocycles. The lowest BCUT2D eigenvalue weighted by Gasteiger charge is -2.12. The molecule has 2 aromatic carbocycles. The molecule has 5 nitrogen and oxygen atoms in total. The van der Waals surface area contributed by atoms with E-state index in [0.29, 0.717) is 28.4 Å². The van der Waals surface area contributed by atoms with Crippen molar-refractivity contribution < 1.29 is 32.2 Å². The summed E-state index contributed by atoms with van der Waals surface area (Å²) in [6, 6.07) is 8.42. The molecule has 1 N–H and O–H groups in total. The molecule has 0 spiro atoms. The zero-order valence-corrected chi connectivity index (χ0v) is 16.3. The van der Waals surface area contributed by atoms with Gasteiger partial charge in [-0.25, -0.2) is 0 Å². The topological polar surface area (TPSA) is 56.8 Å². The molecular weight excluding hydrogens is 387 g/mol. The maximum Gasteiger partial charge on any atom is 0.416 e. The van der Waals surface area contributed by atoms with Crippen molar-refractivity contribution in [3.05, 3.63) is 59.2 Å².